The van der Waals surface area contributed by atoms with Gasteiger partial charge in [0.25, 0.3) is 5.91 Å². The fourth-order valence-corrected chi connectivity index (χ4v) is 4.86. The van der Waals surface area contributed by atoms with Crippen molar-refractivity contribution in [1.82, 2.24) is 20.6 Å². The van der Waals surface area contributed by atoms with Gasteiger partial charge < -0.3 is 35.5 Å². The van der Waals surface area contributed by atoms with E-state index in [4.69, 9.17) is 14.2 Å². The summed E-state index contributed by atoms with van der Waals surface area (Å²) in [6, 6.07) is 20.4. The molecule has 0 bridgehead atoms. The van der Waals surface area contributed by atoms with E-state index in [0.29, 0.717) is 48.2 Å². The standard InChI is InChI=1S/C36H44N6O5/c1-23-19-24(2)40-31(20-23)41-30-21-27(37-17-8-18-38-35(44)47-36(3,4)5)22-39-33(30)34(43)42-32(25-9-13-28(45-6)14-10-25)26-11-15-29(46-7)16-12-26/h9-16,19-22,32,37H,8,17-18H2,1-7H3,(H,38,44)(H,40,41)(H,42,43). The number of nitrogens with zero attached hydrogens (tertiary/aromatic N) is 2. The molecule has 0 saturated carbocycles. The minimum atomic E-state index is -0.556. The first kappa shape index (κ1) is 34.6. The highest BCUT2D eigenvalue weighted by Gasteiger charge is 2.22. The van der Waals surface area contributed by atoms with Crippen molar-refractivity contribution in [1.29, 1.82) is 0 Å². The van der Waals surface area contributed by atoms with Crippen molar-refractivity contribution >= 4 is 29.2 Å². The van der Waals surface area contributed by atoms with Gasteiger partial charge in [0.15, 0.2) is 5.69 Å². The SMILES string of the molecule is COc1ccc(C(NC(=O)c2ncc(NCCCNC(=O)OC(C)(C)C)cc2Nc2cc(C)cc(C)n2)c2ccc(OC)cc2)cc1. The quantitative estimate of drug-likeness (QED) is 0.118. The van der Waals surface area contributed by atoms with E-state index in [0.717, 1.165) is 22.4 Å². The predicted octanol–water partition coefficient (Wildman–Crippen LogP) is 6.70. The van der Waals surface area contributed by atoms with Crippen LogP contribution in [0.15, 0.2) is 72.9 Å². The number of anilines is 3. The van der Waals surface area contributed by atoms with Crippen molar-refractivity contribution in [3.05, 3.63) is 101 Å². The van der Waals surface area contributed by atoms with Crippen molar-refractivity contribution in [3.63, 3.8) is 0 Å². The van der Waals surface area contributed by atoms with Gasteiger partial charge in [-0.3, -0.25) is 4.79 Å². The molecule has 4 rings (SSSR count). The molecule has 0 saturated heterocycles. The molecule has 11 heteroatoms. The number of amides is 2. The number of aryl methyl sites for hydroxylation is 2. The maximum absolute atomic E-state index is 14.0. The van der Waals surface area contributed by atoms with Crippen LogP contribution in [0.2, 0.25) is 0 Å². The lowest BCUT2D eigenvalue weighted by molar-refractivity contribution is 0.0527. The molecule has 4 N–H and O–H groups in total. The number of nitrogens with one attached hydrogen (secondary N) is 4. The Kier molecular flexibility index (Phi) is 11.6. The zero-order valence-corrected chi connectivity index (χ0v) is 28.1. The van der Waals surface area contributed by atoms with Gasteiger partial charge in [0.2, 0.25) is 0 Å². The average Bonchev–Trinajstić information content (AvgIpc) is 3.02. The van der Waals surface area contributed by atoms with E-state index >= 15 is 0 Å². The molecule has 0 radical (unpaired) electrons. The highest BCUT2D eigenvalue weighted by Crippen LogP contribution is 2.28. The minimum absolute atomic E-state index is 0.204. The van der Waals surface area contributed by atoms with E-state index in [1.165, 1.54) is 0 Å². The summed E-state index contributed by atoms with van der Waals surface area (Å²) in [5, 5.41) is 12.6. The lowest BCUT2D eigenvalue weighted by atomic mass is 9.98. The summed E-state index contributed by atoms with van der Waals surface area (Å²) < 4.78 is 16.0. The number of ether oxygens (including phenoxy) is 3. The van der Waals surface area contributed by atoms with Crippen LogP contribution in [-0.4, -0.2) is 54.9 Å². The average molecular weight is 641 g/mol. The number of methoxy groups -OCH3 is 2. The fourth-order valence-electron chi connectivity index (χ4n) is 4.86. The Bertz CT molecular complexity index is 1580. The second-order valence-corrected chi connectivity index (χ2v) is 12.1. The Morgan fingerprint density at radius 1 is 0.851 bits per heavy atom. The monoisotopic (exact) mass is 640 g/mol. The van der Waals surface area contributed by atoms with Gasteiger partial charge in [-0.2, -0.15) is 0 Å². The molecule has 0 aliphatic heterocycles. The van der Waals surface area contributed by atoms with E-state index in [-0.39, 0.29) is 11.6 Å². The van der Waals surface area contributed by atoms with Gasteiger partial charge in [-0.25, -0.2) is 14.8 Å². The van der Waals surface area contributed by atoms with E-state index < -0.39 is 17.7 Å². The maximum Gasteiger partial charge on any atom is 0.407 e. The number of carbonyl (C=O) groups is 2. The summed E-state index contributed by atoms with van der Waals surface area (Å²) in [7, 11) is 3.23. The third kappa shape index (κ3) is 10.4. The number of alkyl carbamates (subject to hydrolysis) is 1. The fraction of sp³-hybridized carbons (Fsp3) is 0.333. The van der Waals surface area contributed by atoms with E-state index in [1.807, 2.05) is 101 Å². The molecule has 0 fully saturated rings. The summed E-state index contributed by atoms with van der Waals surface area (Å²) >= 11 is 0. The maximum atomic E-state index is 14.0. The van der Waals surface area contributed by atoms with Gasteiger partial charge in [0.05, 0.1) is 37.8 Å². The molecule has 0 unspecified atom stereocenters. The van der Waals surface area contributed by atoms with Crippen LogP contribution in [0.4, 0.5) is 22.0 Å². The first-order chi connectivity index (χ1) is 22.4. The van der Waals surface area contributed by atoms with E-state index in [9.17, 15) is 9.59 Å². The van der Waals surface area contributed by atoms with Crippen molar-refractivity contribution in [3.8, 4) is 11.5 Å². The topological polar surface area (TPSA) is 136 Å². The third-order valence-electron chi connectivity index (χ3n) is 6.99. The lowest BCUT2D eigenvalue weighted by Crippen LogP contribution is -2.33. The molecule has 47 heavy (non-hydrogen) atoms. The van der Waals surface area contributed by atoms with Crippen LogP contribution in [0, 0.1) is 13.8 Å². The molecule has 0 aliphatic rings. The molecule has 0 aliphatic carbocycles. The van der Waals surface area contributed by atoms with Gasteiger partial charge in [0, 0.05) is 18.8 Å². The Morgan fingerprint density at radius 2 is 1.47 bits per heavy atom. The zero-order chi connectivity index (χ0) is 34.0. The number of pyridine rings is 2. The molecule has 2 aromatic heterocycles. The predicted molar refractivity (Wildman–Crippen MR) is 184 cm³/mol. The minimum Gasteiger partial charge on any atom is -0.497 e. The second-order valence-electron chi connectivity index (χ2n) is 12.1. The molecule has 2 heterocycles. The van der Waals surface area contributed by atoms with Crippen LogP contribution in [-0.2, 0) is 4.74 Å². The van der Waals surface area contributed by atoms with Crippen LogP contribution in [0.25, 0.3) is 0 Å². The number of aromatic nitrogens is 2. The third-order valence-corrected chi connectivity index (χ3v) is 6.99. The van der Waals surface area contributed by atoms with Gasteiger partial charge >= 0.3 is 6.09 Å². The molecular formula is C36H44N6O5. The van der Waals surface area contributed by atoms with E-state index in [2.05, 4.69) is 31.2 Å². The van der Waals surface area contributed by atoms with Crippen LogP contribution in [0.3, 0.4) is 0 Å². The largest absolute Gasteiger partial charge is 0.497 e. The summed E-state index contributed by atoms with van der Waals surface area (Å²) in [6.45, 7) is 10.4. The second kappa shape index (κ2) is 15.8. The van der Waals surface area contributed by atoms with Crippen molar-refractivity contribution in [2.45, 2.75) is 52.7 Å². The summed E-state index contributed by atoms with van der Waals surface area (Å²) in [5.41, 5.74) is 4.45. The van der Waals surface area contributed by atoms with Gasteiger partial charge in [-0.1, -0.05) is 24.3 Å². The van der Waals surface area contributed by atoms with Crippen LogP contribution < -0.4 is 30.7 Å². The number of hydrogen-bond donors (Lipinski definition) is 4. The molecule has 2 amide bonds. The van der Waals surface area contributed by atoms with Gasteiger partial charge in [-0.15, -0.1) is 0 Å². The van der Waals surface area contributed by atoms with E-state index in [1.54, 1.807) is 20.4 Å². The highest BCUT2D eigenvalue weighted by atomic mass is 16.6. The first-order valence-corrected chi connectivity index (χ1v) is 15.5. The molecule has 0 spiro atoms. The number of benzene rings is 2. The molecule has 4 aromatic rings. The highest BCUT2D eigenvalue weighted by molar-refractivity contribution is 5.99. The summed E-state index contributed by atoms with van der Waals surface area (Å²) in [5.74, 6) is 1.65. The molecule has 248 valence electrons. The Labute approximate surface area is 276 Å². The van der Waals surface area contributed by atoms with Crippen molar-refractivity contribution in [2.24, 2.45) is 0 Å². The summed E-state index contributed by atoms with van der Waals surface area (Å²) in [4.78, 5) is 35.2. The smallest absolute Gasteiger partial charge is 0.407 e. The Hall–Kier alpha value is -5.32. The first-order valence-electron chi connectivity index (χ1n) is 15.5. The number of rotatable bonds is 13. The van der Waals surface area contributed by atoms with Gasteiger partial charge in [-0.05, 0) is 100 Å². The van der Waals surface area contributed by atoms with Crippen LogP contribution in [0.5, 0.6) is 11.5 Å². The molecule has 0 atom stereocenters. The Balaban J connectivity index is 1.57. The molecular weight excluding hydrogens is 596 g/mol. The van der Waals surface area contributed by atoms with Crippen molar-refractivity contribution < 1.29 is 23.8 Å². The summed E-state index contributed by atoms with van der Waals surface area (Å²) in [6.07, 6.45) is 1.81. The number of carbonyl (C=O) groups excluding carboxylic acids is 2. The normalized spacial score (nSPS) is 11.1. The van der Waals surface area contributed by atoms with Gasteiger partial charge in [0.1, 0.15) is 22.9 Å². The Morgan fingerprint density at radius 3 is 2.02 bits per heavy atom. The van der Waals surface area contributed by atoms with Crippen LogP contribution in [0.1, 0.15) is 66.1 Å². The molecule has 2 aromatic carbocycles. The van der Waals surface area contributed by atoms with Crippen LogP contribution >= 0.6 is 0 Å². The lowest BCUT2D eigenvalue weighted by Gasteiger charge is -2.21. The number of hydrogen-bond acceptors (Lipinski definition) is 9. The molecule has 11 nitrogen and oxygen atoms in total. The zero-order valence-electron chi connectivity index (χ0n) is 28.1. The van der Waals surface area contributed by atoms with Crippen molar-refractivity contribution in [2.75, 3.05) is 37.9 Å².